The number of carbonyl (C=O) groups excluding carboxylic acids is 1. The number of aromatic nitrogens is 1. The summed E-state index contributed by atoms with van der Waals surface area (Å²) in [5, 5.41) is 6.37. The molecule has 0 radical (unpaired) electrons. The standard InChI is InChI=1S/C18H23N5O/c1-4-17(24)22-14-7-5-6-13(10-14)21-16-11-20-18-15(8-9-19-18)23(16)12(2)3/h5-12,16,19,21H,4H2,1-3H3,(H,22,24). The first-order valence-corrected chi connectivity index (χ1v) is 8.25. The Morgan fingerprint density at radius 1 is 1.33 bits per heavy atom. The van der Waals surface area contributed by atoms with E-state index in [2.05, 4.69) is 39.4 Å². The van der Waals surface area contributed by atoms with Crippen molar-refractivity contribution in [1.82, 2.24) is 4.98 Å². The number of aromatic amines is 1. The largest absolute Gasteiger partial charge is 0.361 e. The molecule has 1 aromatic carbocycles. The van der Waals surface area contributed by atoms with Crippen LogP contribution in [0.4, 0.5) is 22.9 Å². The van der Waals surface area contributed by atoms with Gasteiger partial charge in [-0.3, -0.25) is 4.79 Å². The van der Waals surface area contributed by atoms with Crippen LogP contribution in [0.5, 0.6) is 0 Å². The Labute approximate surface area is 142 Å². The highest BCUT2D eigenvalue weighted by Gasteiger charge is 2.26. The monoisotopic (exact) mass is 325 g/mol. The van der Waals surface area contributed by atoms with E-state index in [4.69, 9.17) is 0 Å². The second kappa shape index (κ2) is 6.78. The molecule has 3 rings (SSSR count). The molecule has 24 heavy (non-hydrogen) atoms. The van der Waals surface area contributed by atoms with Crippen LogP contribution in [0.3, 0.4) is 0 Å². The molecule has 0 spiro atoms. The van der Waals surface area contributed by atoms with Gasteiger partial charge < -0.3 is 20.5 Å². The van der Waals surface area contributed by atoms with Gasteiger partial charge in [-0.15, -0.1) is 0 Å². The van der Waals surface area contributed by atoms with Crippen molar-refractivity contribution in [3.05, 3.63) is 36.5 Å². The second-order valence-corrected chi connectivity index (χ2v) is 6.06. The highest BCUT2D eigenvalue weighted by atomic mass is 16.1. The van der Waals surface area contributed by atoms with Crippen LogP contribution >= 0.6 is 0 Å². The van der Waals surface area contributed by atoms with Crippen molar-refractivity contribution < 1.29 is 4.79 Å². The van der Waals surface area contributed by atoms with E-state index in [0.717, 1.165) is 22.9 Å². The zero-order valence-electron chi connectivity index (χ0n) is 14.2. The number of aliphatic imine (C=N–C) groups is 1. The van der Waals surface area contributed by atoms with Crippen molar-refractivity contribution in [2.24, 2.45) is 4.99 Å². The lowest BCUT2D eigenvalue weighted by Gasteiger charge is -2.37. The molecule has 0 bridgehead atoms. The molecular formula is C18H23N5O. The third-order valence-electron chi connectivity index (χ3n) is 3.96. The number of anilines is 3. The molecule has 126 valence electrons. The molecule has 1 aliphatic rings. The van der Waals surface area contributed by atoms with Crippen molar-refractivity contribution in [3.63, 3.8) is 0 Å². The average Bonchev–Trinajstić information content (AvgIpc) is 3.03. The second-order valence-electron chi connectivity index (χ2n) is 6.06. The minimum absolute atomic E-state index is 0.00662. The number of rotatable bonds is 5. The molecule has 0 saturated heterocycles. The van der Waals surface area contributed by atoms with Gasteiger partial charge in [0.1, 0.15) is 6.17 Å². The molecular weight excluding hydrogens is 302 g/mol. The number of H-pyrrole nitrogens is 1. The maximum atomic E-state index is 11.6. The van der Waals surface area contributed by atoms with Crippen LogP contribution in [-0.2, 0) is 4.79 Å². The van der Waals surface area contributed by atoms with Gasteiger partial charge in [-0.2, -0.15) is 0 Å². The number of carbonyl (C=O) groups is 1. The first-order chi connectivity index (χ1) is 11.6. The van der Waals surface area contributed by atoms with Crippen LogP contribution in [0, 0.1) is 0 Å². The Morgan fingerprint density at radius 2 is 2.12 bits per heavy atom. The highest BCUT2D eigenvalue weighted by molar-refractivity contribution is 5.91. The molecule has 2 heterocycles. The summed E-state index contributed by atoms with van der Waals surface area (Å²) in [6.45, 7) is 6.15. The van der Waals surface area contributed by atoms with E-state index < -0.39 is 0 Å². The smallest absolute Gasteiger partial charge is 0.224 e. The lowest BCUT2D eigenvalue weighted by molar-refractivity contribution is -0.115. The first-order valence-electron chi connectivity index (χ1n) is 8.25. The molecule has 1 unspecified atom stereocenters. The van der Waals surface area contributed by atoms with Crippen LogP contribution < -0.4 is 15.5 Å². The summed E-state index contributed by atoms with van der Waals surface area (Å²) in [5.74, 6) is 0.887. The summed E-state index contributed by atoms with van der Waals surface area (Å²) >= 11 is 0. The van der Waals surface area contributed by atoms with Gasteiger partial charge in [0, 0.05) is 36.2 Å². The van der Waals surface area contributed by atoms with Gasteiger partial charge in [0.2, 0.25) is 5.91 Å². The van der Waals surface area contributed by atoms with Gasteiger partial charge in [-0.1, -0.05) is 13.0 Å². The lowest BCUT2D eigenvalue weighted by atomic mass is 10.2. The predicted octanol–water partition coefficient (Wildman–Crippen LogP) is 3.73. The summed E-state index contributed by atoms with van der Waals surface area (Å²) in [6, 6.07) is 10.1. The van der Waals surface area contributed by atoms with Crippen LogP contribution in [0.1, 0.15) is 27.2 Å². The Balaban J connectivity index is 1.80. The Morgan fingerprint density at radius 3 is 2.88 bits per heavy atom. The fraction of sp³-hybridized carbons (Fsp3) is 0.333. The molecule has 2 aromatic rings. The molecule has 0 fully saturated rings. The zero-order chi connectivity index (χ0) is 17.1. The van der Waals surface area contributed by atoms with E-state index in [1.165, 1.54) is 0 Å². The molecule has 0 aliphatic carbocycles. The van der Waals surface area contributed by atoms with Crippen LogP contribution in [0.2, 0.25) is 0 Å². The number of hydrogen-bond donors (Lipinski definition) is 3. The number of nitrogens with zero attached hydrogens (tertiary/aromatic N) is 2. The van der Waals surface area contributed by atoms with Crippen LogP contribution in [0.25, 0.3) is 0 Å². The van der Waals surface area contributed by atoms with E-state index in [0.29, 0.717) is 12.5 Å². The van der Waals surface area contributed by atoms with Crippen molar-refractivity contribution in [2.45, 2.75) is 39.4 Å². The van der Waals surface area contributed by atoms with Crippen molar-refractivity contribution >= 4 is 35.0 Å². The van der Waals surface area contributed by atoms with Gasteiger partial charge in [-0.05, 0) is 38.1 Å². The molecule has 6 heteroatoms. The summed E-state index contributed by atoms with van der Waals surface area (Å²) in [7, 11) is 0. The van der Waals surface area contributed by atoms with E-state index >= 15 is 0 Å². The SMILES string of the molecule is CCC(=O)Nc1cccc(NC2C=Nc3[nH]ccc3N2C(C)C)c1. The molecule has 6 nitrogen and oxygen atoms in total. The fourth-order valence-electron chi connectivity index (χ4n) is 2.84. The summed E-state index contributed by atoms with van der Waals surface area (Å²) < 4.78 is 0. The maximum Gasteiger partial charge on any atom is 0.224 e. The van der Waals surface area contributed by atoms with Crippen LogP contribution in [-0.4, -0.2) is 29.3 Å². The normalized spacial score (nSPS) is 16.2. The summed E-state index contributed by atoms with van der Waals surface area (Å²) in [5.41, 5.74) is 2.81. The predicted molar refractivity (Wildman–Crippen MR) is 99.3 cm³/mol. The first kappa shape index (κ1) is 16.1. The van der Waals surface area contributed by atoms with Crippen molar-refractivity contribution in [1.29, 1.82) is 0 Å². The van der Waals surface area contributed by atoms with Gasteiger partial charge in [0.25, 0.3) is 0 Å². The Hall–Kier alpha value is -2.76. The van der Waals surface area contributed by atoms with Crippen LogP contribution in [0.15, 0.2) is 41.5 Å². The molecule has 1 aliphatic heterocycles. The third kappa shape index (κ3) is 3.27. The van der Waals surface area contributed by atoms with Crippen molar-refractivity contribution in [3.8, 4) is 0 Å². The van der Waals surface area contributed by atoms with Gasteiger partial charge in [-0.25, -0.2) is 4.99 Å². The lowest BCUT2D eigenvalue weighted by Crippen LogP contribution is -2.47. The number of hydrogen-bond acceptors (Lipinski definition) is 4. The molecule has 3 N–H and O–H groups in total. The number of nitrogens with one attached hydrogen (secondary N) is 3. The minimum Gasteiger partial charge on any atom is -0.361 e. The number of fused-ring (bicyclic) bond motifs is 1. The molecule has 1 aromatic heterocycles. The third-order valence-corrected chi connectivity index (χ3v) is 3.96. The summed E-state index contributed by atoms with van der Waals surface area (Å²) in [4.78, 5) is 21.5. The molecule has 1 atom stereocenters. The maximum absolute atomic E-state index is 11.6. The van der Waals surface area contributed by atoms with Gasteiger partial charge in [0.05, 0.1) is 5.69 Å². The molecule has 0 saturated carbocycles. The van der Waals surface area contributed by atoms with Crippen molar-refractivity contribution in [2.75, 3.05) is 15.5 Å². The average molecular weight is 325 g/mol. The quantitative estimate of drug-likeness (QED) is 0.784. The summed E-state index contributed by atoms with van der Waals surface area (Å²) in [6.07, 6.45) is 4.21. The van der Waals surface area contributed by atoms with E-state index in [-0.39, 0.29) is 12.1 Å². The Bertz CT molecular complexity index is 749. The Kier molecular flexibility index (Phi) is 4.55. The number of amides is 1. The fourth-order valence-corrected chi connectivity index (χ4v) is 2.84. The molecule has 1 amide bonds. The van der Waals surface area contributed by atoms with E-state index in [9.17, 15) is 4.79 Å². The number of benzene rings is 1. The van der Waals surface area contributed by atoms with E-state index in [1.54, 1.807) is 0 Å². The zero-order valence-corrected chi connectivity index (χ0v) is 14.2. The topological polar surface area (TPSA) is 72.5 Å². The van der Waals surface area contributed by atoms with E-state index in [1.807, 2.05) is 49.7 Å². The highest BCUT2D eigenvalue weighted by Crippen LogP contribution is 2.33. The minimum atomic E-state index is -0.0505. The van der Waals surface area contributed by atoms with Gasteiger partial charge >= 0.3 is 0 Å². The van der Waals surface area contributed by atoms with Gasteiger partial charge in [0.15, 0.2) is 5.82 Å².